The summed E-state index contributed by atoms with van der Waals surface area (Å²) in [6.45, 7) is 0. The third-order valence-electron chi connectivity index (χ3n) is 6.72. The van der Waals surface area contributed by atoms with Crippen molar-refractivity contribution in [3.8, 4) is 0 Å². The zero-order valence-corrected chi connectivity index (χ0v) is 17.8. The molecule has 6 rings (SSSR count). The van der Waals surface area contributed by atoms with Crippen LogP contribution in [0.25, 0.3) is 16.6 Å². The number of amides is 1. The summed E-state index contributed by atoms with van der Waals surface area (Å²) in [5.41, 5.74) is 7.73. The molecule has 2 aliphatic rings. The Kier molecular flexibility index (Phi) is 4.39. The van der Waals surface area contributed by atoms with Crippen molar-refractivity contribution < 1.29 is 22.4 Å². The minimum absolute atomic E-state index is 0.0707. The van der Waals surface area contributed by atoms with Gasteiger partial charge in [-0.1, -0.05) is 6.07 Å². The molecule has 6 nitrogen and oxygen atoms in total. The third kappa shape index (κ3) is 3.19. The van der Waals surface area contributed by atoms with Crippen LogP contribution in [0.3, 0.4) is 0 Å². The number of hydrogen-bond donors (Lipinski definition) is 1. The van der Waals surface area contributed by atoms with Crippen molar-refractivity contribution in [3.05, 3.63) is 70.9 Å². The molecule has 2 aliphatic carbocycles. The quantitative estimate of drug-likeness (QED) is 0.433. The third-order valence-corrected chi connectivity index (χ3v) is 6.72. The van der Waals surface area contributed by atoms with Crippen LogP contribution in [0.5, 0.6) is 0 Å². The van der Waals surface area contributed by atoms with Gasteiger partial charge >= 0.3 is 6.18 Å². The van der Waals surface area contributed by atoms with Crippen molar-refractivity contribution in [1.29, 1.82) is 0 Å². The van der Waals surface area contributed by atoms with E-state index in [0.717, 1.165) is 25.0 Å². The van der Waals surface area contributed by atoms with Crippen molar-refractivity contribution in [1.82, 2.24) is 19.3 Å². The number of nitrogens with zero attached hydrogens (tertiary/aromatic N) is 4. The number of rotatable bonds is 3. The molecule has 1 amide bonds. The molecule has 10 heteroatoms. The number of nitrogen functional groups attached to an aromatic ring is 1. The predicted octanol–water partition coefficient (Wildman–Crippen LogP) is 4.91. The van der Waals surface area contributed by atoms with E-state index in [4.69, 9.17) is 5.73 Å². The minimum Gasteiger partial charge on any atom is -0.382 e. The van der Waals surface area contributed by atoms with Gasteiger partial charge in [-0.3, -0.25) is 9.20 Å². The Hall–Kier alpha value is -3.69. The molecule has 2 aromatic heterocycles. The summed E-state index contributed by atoms with van der Waals surface area (Å²) in [5.74, 6) is -1.01. The maximum absolute atomic E-state index is 15.2. The standard InChI is InChI=1S/C24H19F4N5O/c25-17-9-18-20(32-11-30-10-21(32)22(29)31-18)8-16(17)23(34)33(14-3-4-14)19-6-1-12-7-13(24(26,27)28)2-5-15(12)19/h2,5,7-11,14,19H,1,3-4,6H2,(H2,29,31)/t19-/m1/s1. The molecule has 0 aliphatic heterocycles. The number of nitrogens with two attached hydrogens (primary N) is 1. The maximum atomic E-state index is 15.2. The number of alkyl halides is 3. The predicted molar refractivity (Wildman–Crippen MR) is 117 cm³/mol. The van der Waals surface area contributed by atoms with Gasteiger partial charge in [0.2, 0.25) is 0 Å². The van der Waals surface area contributed by atoms with Gasteiger partial charge in [-0.05, 0) is 55.0 Å². The number of aryl methyl sites for hydroxylation is 1. The average molecular weight is 469 g/mol. The number of fused-ring (bicyclic) bond motifs is 4. The van der Waals surface area contributed by atoms with Gasteiger partial charge in [-0.2, -0.15) is 13.2 Å². The molecular weight excluding hydrogens is 450 g/mol. The van der Waals surface area contributed by atoms with Gasteiger partial charge in [0.15, 0.2) is 0 Å². The lowest BCUT2D eigenvalue weighted by Crippen LogP contribution is -2.36. The fourth-order valence-corrected chi connectivity index (χ4v) is 4.98. The van der Waals surface area contributed by atoms with Crippen LogP contribution >= 0.6 is 0 Å². The van der Waals surface area contributed by atoms with Gasteiger partial charge in [-0.25, -0.2) is 14.4 Å². The smallest absolute Gasteiger partial charge is 0.382 e. The molecule has 2 N–H and O–H groups in total. The number of benzene rings is 2. The van der Waals surface area contributed by atoms with Gasteiger partial charge in [0.05, 0.1) is 40.7 Å². The van der Waals surface area contributed by atoms with E-state index in [1.54, 1.807) is 9.30 Å². The zero-order valence-electron chi connectivity index (χ0n) is 17.8. The normalized spacial score (nSPS) is 17.9. The molecule has 1 atom stereocenters. The first-order chi connectivity index (χ1) is 16.2. The molecule has 4 aromatic rings. The molecule has 0 saturated heterocycles. The molecule has 2 heterocycles. The Balaban J connectivity index is 1.42. The van der Waals surface area contributed by atoms with Crippen molar-refractivity contribution >= 4 is 28.3 Å². The van der Waals surface area contributed by atoms with E-state index >= 15 is 4.39 Å². The summed E-state index contributed by atoms with van der Waals surface area (Å²) in [5, 5.41) is 0. The van der Waals surface area contributed by atoms with Crippen molar-refractivity contribution in [2.75, 3.05) is 5.73 Å². The Morgan fingerprint density at radius 2 is 1.91 bits per heavy atom. The summed E-state index contributed by atoms with van der Waals surface area (Å²) in [7, 11) is 0. The molecule has 1 fully saturated rings. The number of anilines is 1. The SMILES string of the molecule is Nc1nc2cc(F)c(C(=O)N(C3CC3)[C@@H]3CCc4cc(C(F)(F)F)ccc43)cc2n2cncc12. The average Bonchev–Trinajstić information content (AvgIpc) is 3.32. The fourth-order valence-electron chi connectivity index (χ4n) is 4.98. The van der Waals surface area contributed by atoms with E-state index in [1.165, 1.54) is 30.7 Å². The van der Waals surface area contributed by atoms with E-state index in [2.05, 4.69) is 9.97 Å². The fraction of sp³-hybridized carbons (Fsp3) is 0.292. The number of carbonyl (C=O) groups is 1. The number of halogens is 4. The van der Waals surface area contributed by atoms with Crippen LogP contribution in [0, 0.1) is 5.82 Å². The van der Waals surface area contributed by atoms with Gasteiger partial charge in [0.1, 0.15) is 17.2 Å². The first kappa shape index (κ1) is 20.9. The van der Waals surface area contributed by atoms with Crippen LogP contribution in [0.4, 0.5) is 23.4 Å². The van der Waals surface area contributed by atoms with Crippen molar-refractivity contribution in [3.63, 3.8) is 0 Å². The van der Waals surface area contributed by atoms with Crippen LogP contribution in [0.1, 0.15) is 52.4 Å². The second-order valence-corrected chi connectivity index (χ2v) is 8.88. The highest BCUT2D eigenvalue weighted by molar-refractivity contribution is 5.99. The lowest BCUT2D eigenvalue weighted by atomic mass is 10.0. The van der Waals surface area contributed by atoms with Crippen LogP contribution in [0.15, 0.2) is 42.9 Å². The molecule has 0 bridgehead atoms. The Morgan fingerprint density at radius 1 is 1.12 bits per heavy atom. The summed E-state index contributed by atoms with van der Waals surface area (Å²) in [6, 6.07) is 5.83. The summed E-state index contributed by atoms with van der Waals surface area (Å²) >= 11 is 0. The van der Waals surface area contributed by atoms with Crippen molar-refractivity contribution in [2.45, 2.75) is 43.9 Å². The molecule has 34 heavy (non-hydrogen) atoms. The van der Waals surface area contributed by atoms with E-state index in [-0.39, 0.29) is 17.4 Å². The first-order valence-electron chi connectivity index (χ1n) is 11.0. The van der Waals surface area contributed by atoms with E-state index in [1.807, 2.05) is 0 Å². The lowest BCUT2D eigenvalue weighted by Gasteiger charge is -2.30. The van der Waals surface area contributed by atoms with Gasteiger partial charge < -0.3 is 10.6 Å². The van der Waals surface area contributed by atoms with E-state index in [9.17, 15) is 18.0 Å². The Morgan fingerprint density at radius 3 is 2.65 bits per heavy atom. The number of hydrogen-bond acceptors (Lipinski definition) is 4. The summed E-state index contributed by atoms with van der Waals surface area (Å²) < 4.78 is 56.3. The maximum Gasteiger partial charge on any atom is 0.416 e. The highest BCUT2D eigenvalue weighted by atomic mass is 19.4. The highest BCUT2D eigenvalue weighted by Crippen LogP contribution is 2.44. The topological polar surface area (TPSA) is 76.5 Å². The van der Waals surface area contributed by atoms with Gasteiger partial charge in [0.25, 0.3) is 5.91 Å². The first-order valence-corrected chi connectivity index (χ1v) is 11.0. The number of carbonyl (C=O) groups excluding carboxylic acids is 1. The largest absolute Gasteiger partial charge is 0.416 e. The van der Waals surface area contributed by atoms with Gasteiger partial charge in [-0.15, -0.1) is 0 Å². The monoisotopic (exact) mass is 469 g/mol. The van der Waals surface area contributed by atoms with Crippen LogP contribution in [-0.4, -0.2) is 31.2 Å². The minimum atomic E-state index is -4.43. The van der Waals surface area contributed by atoms with E-state index < -0.39 is 29.5 Å². The molecule has 0 radical (unpaired) electrons. The van der Waals surface area contributed by atoms with Crippen LogP contribution in [0.2, 0.25) is 0 Å². The highest BCUT2D eigenvalue weighted by Gasteiger charge is 2.42. The summed E-state index contributed by atoms with van der Waals surface area (Å²) in [6.07, 6.45) is 1.11. The molecular formula is C24H19F4N5O. The Bertz CT molecular complexity index is 1470. The number of imidazole rings is 1. The molecule has 0 spiro atoms. The molecule has 0 unspecified atom stereocenters. The van der Waals surface area contributed by atoms with Crippen LogP contribution in [-0.2, 0) is 12.6 Å². The lowest BCUT2D eigenvalue weighted by molar-refractivity contribution is -0.137. The Labute approximate surface area is 191 Å². The summed E-state index contributed by atoms with van der Waals surface area (Å²) in [4.78, 5) is 23.6. The van der Waals surface area contributed by atoms with Crippen molar-refractivity contribution in [2.24, 2.45) is 0 Å². The molecule has 2 aromatic carbocycles. The second kappa shape index (κ2) is 7.15. The number of aromatic nitrogens is 3. The molecule has 1 saturated carbocycles. The second-order valence-electron chi connectivity index (χ2n) is 8.88. The van der Waals surface area contributed by atoms with Gasteiger partial charge in [0, 0.05) is 12.1 Å². The molecule has 174 valence electrons. The van der Waals surface area contributed by atoms with E-state index in [0.29, 0.717) is 40.5 Å². The van der Waals surface area contributed by atoms with Crippen LogP contribution < -0.4 is 5.73 Å². The zero-order chi connectivity index (χ0) is 23.8.